The van der Waals surface area contributed by atoms with E-state index in [1.165, 1.54) is 24.3 Å². The SMILES string of the molecule is O=C(OCOC(=O)c1ccc2c(c1)C[N-]CO2)c1ccc(O)cc1.[CH3-].[Y]. The molecule has 7 nitrogen and oxygen atoms in total. The van der Waals surface area contributed by atoms with Crippen LogP contribution in [-0.4, -0.2) is 30.6 Å². The fourth-order valence-electron chi connectivity index (χ4n) is 2.15. The van der Waals surface area contributed by atoms with Crippen molar-refractivity contribution < 1.29 is 61.6 Å². The number of phenols is 1. The van der Waals surface area contributed by atoms with Gasteiger partial charge in [0, 0.05) is 39.4 Å². The van der Waals surface area contributed by atoms with Gasteiger partial charge >= 0.3 is 11.9 Å². The maximum absolute atomic E-state index is 12.0. The van der Waals surface area contributed by atoms with Gasteiger partial charge < -0.3 is 32.1 Å². The molecule has 0 spiro atoms. The summed E-state index contributed by atoms with van der Waals surface area (Å²) in [6.45, 7) is 0.285. The summed E-state index contributed by atoms with van der Waals surface area (Å²) >= 11 is 0. The number of phenolic OH excluding ortho intramolecular Hbond substituents is 1. The zero-order valence-corrected chi connectivity index (χ0v) is 17.0. The summed E-state index contributed by atoms with van der Waals surface area (Å²) in [7, 11) is 0. The Kier molecular flexibility index (Phi) is 8.71. The van der Waals surface area contributed by atoms with Gasteiger partial charge in [-0.25, -0.2) is 9.59 Å². The number of aromatic hydroxyl groups is 1. The van der Waals surface area contributed by atoms with Crippen LogP contribution in [0.5, 0.6) is 11.5 Å². The first-order valence-electron chi connectivity index (χ1n) is 7.16. The normalized spacial score (nSPS) is 11.7. The standard InChI is InChI=1S/C17H14NO6.CH3.Y/c19-14-4-1-11(2-5-14)16(20)23-10-24-17(21)12-3-6-15-13(7-12)8-18-9-22-15;;/h1-7,19H,8-10H2;1H3;/q2*-1;. The summed E-state index contributed by atoms with van der Waals surface area (Å²) in [4.78, 5) is 23.7. The number of carbonyl (C=O) groups is 2. The zero-order valence-electron chi connectivity index (χ0n) is 14.2. The van der Waals surface area contributed by atoms with E-state index in [4.69, 9.17) is 19.3 Å². The summed E-state index contributed by atoms with van der Waals surface area (Å²) < 4.78 is 15.1. The molecular weight excluding hydrogens is 415 g/mol. The van der Waals surface area contributed by atoms with Gasteiger partial charge in [-0.05, 0) is 48.0 Å². The van der Waals surface area contributed by atoms with E-state index in [2.05, 4.69) is 5.32 Å². The average Bonchev–Trinajstić information content (AvgIpc) is 2.61. The maximum Gasteiger partial charge on any atom is 0.341 e. The number of benzene rings is 2. The topological polar surface area (TPSA) is 96.2 Å². The van der Waals surface area contributed by atoms with Crippen LogP contribution in [-0.2, 0) is 48.7 Å². The number of carbonyl (C=O) groups excluding carboxylic acids is 2. The second-order valence-electron chi connectivity index (χ2n) is 5.01. The number of nitrogens with zero attached hydrogens (tertiary/aromatic N) is 1. The Bertz CT molecular complexity index is 763. The fraction of sp³-hybridized carbons (Fsp3) is 0.167. The molecule has 1 heterocycles. The number of esters is 2. The predicted molar refractivity (Wildman–Crippen MR) is 89.2 cm³/mol. The number of ether oxygens (including phenoxy) is 3. The Labute approximate surface area is 176 Å². The Morgan fingerprint density at radius 3 is 2.35 bits per heavy atom. The van der Waals surface area contributed by atoms with E-state index in [1.54, 1.807) is 18.2 Å². The van der Waals surface area contributed by atoms with Crippen molar-refractivity contribution in [2.45, 2.75) is 6.54 Å². The van der Waals surface area contributed by atoms with Crippen molar-refractivity contribution in [3.63, 3.8) is 0 Å². The summed E-state index contributed by atoms with van der Waals surface area (Å²) in [6.07, 6.45) is 0. The molecule has 1 aliphatic rings. The van der Waals surface area contributed by atoms with Gasteiger partial charge in [-0.3, -0.25) is 0 Å². The van der Waals surface area contributed by atoms with Gasteiger partial charge in [0.05, 0.1) is 11.1 Å². The van der Waals surface area contributed by atoms with E-state index in [1.807, 2.05) is 0 Å². The molecule has 0 saturated heterocycles. The monoisotopic (exact) mass is 432 g/mol. The molecule has 1 radical (unpaired) electrons. The molecule has 0 bridgehead atoms. The second-order valence-corrected chi connectivity index (χ2v) is 5.01. The van der Waals surface area contributed by atoms with Gasteiger partial charge in [0.2, 0.25) is 6.79 Å². The third-order valence-electron chi connectivity index (χ3n) is 3.37. The van der Waals surface area contributed by atoms with Gasteiger partial charge in [-0.1, -0.05) is 0 Å². The number of fused-ring (bicyclic) bond motifs is 1. The summed E-state index contributed by atoms with van der Waals surface area (Å²) in [6, 6.07) is 10.4. The molecule has 1 N–H and O–H groups in total. The van der Waals surface area contributed by atoms with Crippen LogP contribution >= 0.6 is 0 Å². The molecule has 26 heavy (non-hydrogen) atoms. The minimum Gasteiger partial charge on any atom is -0.625 e. The Balaban J connectivity index is 0.00000169. The Morgan fingerprint density at radius 2 is 1.65 bits per heavy atom. The molecule has 0 aromatic heterocycles. The van der Waals surface area contributed by atoms with Gasteiger partial charge in [0.1, 0.15) is 11.5 Å². The Morgan fingerprint density at radius 1 is 1.04 bits per heavy atom. The van der Waals surface area contributed by atoms with Crippen LogP contribution < -0.4 is 4.74 Å². The van der Waals surface area contributed by atoms with Crippen LogP contribution in [0.2, 0.25) is 0 Å². The first kappa shape index (κ1) is 22.1. The number of hydrogen-bond acceptors (Lipinski definition) is 6. The van der Waals surface area contributed by atoms with Crippen LogP contribution in [0, 0.1) is 7.43 Å². The van der Waals surface area contributed by atoms with Crippen molar-refractivity contribution in [3.8, 4) is 11.5 Å². The minimum absolute atomic E-state index is 0. The molecular formula is C18H17NO6Y-2. The van der Waals surface area contributed by atoms with Crippen molar-refractivity contribution >= 4 is 11.9 Å². The molecule has 0 unspecified atom stereocenters. The number of hydrogen-bond donors (Lipinski definition) is 1. The molecule has 1 aliphatic heterocycles. The van der Waals surface area contributed by atoms with Crippen molar-refractivity contribution in [2.24, 2.45) is 0 Å². The first-order chi connectivity index (χ1) is 11.6. The molecule has 135 valence electrons. The largest absolute Gasteiger partial charge is 0.625 e. The second kappa shape index (κ2) is 10.3. The maximum atomic E-state index is 12.0. The molecule has 0 saturated carbocycles. The van der Waals surface area contributed by atoms with Crippen LogP contribution in [0.4, 0.5) is 0 Å². The fourth-order valence-corrected chi connectivity index (χ4v) is 2.15. The van der Waals surface area contributed by atoms with Crippen LogP contribution in [0.3, 0.4) is 0 Å². The summed E-state index contributed by atoms with van der Waals surface area (Å²) in [5.74, 6) is -0.524. The molecule has 8 heteroatoms. The molecule has 2 aromatic carbocycles. The third kappa shape index (κ3) is 5.52. The van der Waals surface area contributed by atoms with E-state index >= 15 is 0 Å². The quantitative estimate of drug-likeness (QED) is 0.453. The summed E-state index contributed by atoms with van der Waals surface area (Å²) in [5.41, 5.74) is 1.38. The number of rotatable bonds is 4. The molecule has 0 fully saturated rings. The van der Waals surface area contributed by atoms with E-state index in [9.17, 15) is 9.59 Å². The molecule has 0 amide bonds. The van der Waals surface area contributed by atoms with Crippen LogP contribution in [0.1, 0.15) is 26.3 Å². The van der Waals surface area contributed by atoms with E-state index in [0.29, 0.717) is 24.6 Å². The van der Waals surface area contributed by atoms with E-state index < -0.39 is 18.7 Å². The summed E-state index contributed by atoms with van der Waals surface area (Å²) in [5, 5.41) is 13.2. The van der Waals surface area contributed by atoms with Crippen molar-refractivity contribution in [1.82, 2.24) is 0 Å². The van der Waals surface area contributed by atoms with Crippen LogP contribution in [0.15, 0.2) is 42.5 Å². The van der Waals surface area contributed by atoms with Gasteiger partial charge in [0.15, 0.2) is 0 Å². The molecule has 3 rings (SSSR count). The minimum atomic E-state index is -0.652. The molecule has 0 aliphatic carbocycles. The third-order valence-corrected chi connectivity index (χ3v) is 3.37. The van der Waals surface area contributed by atoms with Crippen molar-refractivity contribution in [3.05, 3.63) is 71.9 Å². The zero-order chi connectivity index (χ0) is 16.9. The van der Waals surface area contributed by atoms with Gasteiger partial charge in [0.25, 0.3) is 0 Å². The first-order valence-corrected chi connectivity index (χ1v) is 7.16. The smallest absolute Gasteiger partial charge is 0.341 e. The molecule has 0 atom stereocenters. The van der Waals surface area contributed by atoms with Crippen molar-refractivity contribution in [2.75, 3.05) is 13.5 Å². The molecule has 2 aromatic rings. The predicted octanol–water partition coefficient (Wildman–Crippen LogP) is 3.03. The van der Waals surface area contributed by atoms with Gasteiger partial charge in [-0.15, -0.1) is 6.54 Å². The average molecular weight is 432 g/mol. The van der Waals surface area contributed by atoms with Crippen molar-refractivity contribution in [1.29, 1.82) is 0 Å². The van der Waals surface area contributed by atoms with Gasteiger partial charge in [-0.2, -0.15) is 0 Å². The Hall–Kier alpha value is -1.96. The van der Waals surface area contributed by atoms with E-state index in [-0.39, 0.29) is 51.4 Å². The van der Waals surface area contributed by atoms with Crippen LogP contribution in [0.25, 0.3) is 5.32 Å². The van der Waals surface area contributed by atoms with E-state index in [0.717, 1.165) is 5.56 Å².